The van der Waals surface area contributed by atoms with Crippen LogP contribution in [-0.4, -0.2) is 24.2 Å². The van der Waals surface area contributed by atoms with Crippen LogP contribution in [0.4, 0.5) is 0 Å². The molecule has 0 saturated heterocycles. The Balaban J connectivity index is 2.59. The second kappa shape index (κ2) is 7.38. The van der Waals surface area contributed by atoms with Gasteiger partial charge in [-0.25, -0.2) is 0 Å². The smallest absolute Gasteiger partial charge is 0.223 e. The van der Waals surface area contributed by atoms with Crippen molar-refractivity contribution in [3.8, 4) is 5.75 Å². The van der Waals surface area contributed by atoms with Crippen molar-refractivity contribution in [1.29, 1.82) is 0 Å². The Labute approximate surface area is 115 Å². The van der Waals surface area contributed by atoms with Crippen molar-refractivity contribution >= 4 is 21.8 Å². The van der Waals surface area contributed by atoms with E-state index in [-0.39, 0.29) is 5.91 Å². The molecule has 1 aromatic carbocycles. The van der Waals surface area contributed by atoms with E-state index >= 15 is 0 Å². The Kier molecular flexibility index (Phi) is 6.15. The zero-order chi connectivity index (χ0) is 13.5. The maximum atomic E-state index is 11.3. The maximum Gasteiger partial charge on any atom is 0.223 e. The van der Waals surface area contributed by atoms with E-state index in [1.807, 2.05) is 19.1 Å². The normalized spacial score (nSPS) is 12.0. The van der Waals surface area contributed by atoms with Crippen molar-refractivity contribution in [2.45, 2.75) is 26.4 Å². The first-order chi connectivity index (χ1) is 8.54. The fourth-order valence-corrected chi connectivity index (χ4v) is 1.90. The number of ether oxygens (including phenoxy) is 1. The number of hydrogen-bond donors (Lipinski definition) is 2. The van der Waals surface area contributed by atoms with E-state index in [1.165, 1.54) is 0 Å². The van der Waals surface area contributed by atoms with Crippen molar-refractivity contribution in [2.75, 3.05) is 13.2 Å². The number of nitrogens with one attached hydrogen (secondary N) is 1. The van der Waals surface area contributed by atoms with Gasteiger partial charge in [0, 0.05) is 16.6 Å². The maximum absolute atomic E-state index is 11.3. The average molecular weight is 316 g/mol. The molecule has 0 unspecified atom stereocenters. The third-order valence-corrected chi connectivity index (χ3v) is 2.88. The summed E-state index contributed by atoms with van der Waals surface area (Å²) in [6, 6.07) is 5.43. The van der Waals surface area contributed by atoms with Crippen LogP contribution >= 0.6 is 15.9 Å². The minimum absolute atomic E-state index is 0.0341. The van der Waals surface area contributed by atoms with E-state index in [2.05, 4.69) is 21.2 Å². The SMILES string of the molecule is CCNC(=O)CCOc1ccc(Br)cc1[C@@H](C)O. The highest BCUT2D eigenvalue weighted by Crippen LogP contribution is 2.28. The third-order valence-electron chi connectivity index (χ3n) is 2.38. The summed E-state index contributed by atoms with van der Waals surface area (Å²) in [5.74, 6) is 0.575. The number of halogens is 1. The minimum atomic E-state index is -0.609. The van der Waals surface area contributed by atoms with Gasteiger partial charge in [0.2, 0.25) is 5.91 Å². The molecule has 0 heterocycles. The Morgan fingerprint density at radius 3 is 2.89 bits per heavy atom. The number of aliphatic hydroxyl groups is 1. The quantitative estimate of drug-likeness (QED) is 0.847. The molecule has 5 heteroatoms. The average Bonchev–Trinajstić information content (AvgIpc) is 2.31. The van der Waals surface area contributed by atoms with Gasteiger partial charge in [-0.15, -0.1) is 0 Å². The molecule has 0 spiro atoms. The summed E-state index contributed by atoms with van der Waals surface area (Å²) in [6.07, 6.45) is -0.301. The number of rotatable bonds is 6. The van der Waals surface area contributed by atoms with Gasteiger partial charge in [0.05, 0.1) is 19.1 Å². The van der Waals surface area contributed by atoms with Crippen LogP contribution in [-0.2, 0) is 4.79 Å². The first-order valence-electron chi connectivity index (χ1n) is 5.91. The minimum Gasteiger partial charge on any atom is -0.493 e. The summed E-state index contributed by atoms with van der Waals surface area (Å²) in [5.41, 5.74) is 0.709. The number of benzene rings is 1. The molecular formula is C13H18BrNO3. The van der Waals surface area contributed by atoms with E-state index in [4.69, 9.17) is 4.74 Å². The van der Waals surface area contributed by atoms with Crippen molar-refractivity contribution in [2.24, 2.45) is 0 Å². The molecule has 0 aliphatic rings. The molecule has 100 valence electrons. The van der Waals surface area contributed by atoms with Gasteiger partial charge in [0.1, 0.15) is 5.75 Å². The fourth-order valence-electron chi connectivity index (χ4n) is 1.52. The lowest BCUT2D eigenvalue weighted by atomic mass is 10.1. The monoisotopic (exact) mass is 315 g/mol. The molecule has 18 heavy (non-hydrogen) atoms. The summed E-state index contributed by atoms with van der Waals surface area (Å²) < 4.78 is 6.41. The molecule has 1 atom stereocenters. The summed E-state index contributed by atoms with van der Waals surface area (Å²) in [4.78, 5) is 11.3. The molecule has 1 amide bonds. The zero-order valence-corrected chi connectivity index (χ0v) is 12.2. The van der Waals surface area contributed by atoms with Gasteiger partial charge in [0.25, 0.3) is 0 Å². The Hall–Kier alpha value is -1.07. The Morgan fingerprint density at radius 2 is 2.28 bits per heavy atom. The predicted molar refractivity (Wildman–Crippen MR) is 73.6 cm³/mol. The highest BCUT2D eigenvalue weighted by Gasteiger charge is 2.10. The summed E-state index contributed by atoms with van der Waals surface area (Å²) in [6.45, 7) is 4.47. The van der Waals surface area contributed by atoms with Gasteiger partial charge >= 0.3 is 0 Å². The second-order valence-electron chi connectivity index (χ2n) is 3.91. The van der Waals surface area contributed by atoms with E-state index in [0.29, 0.717) is 30.9 Å². The lowest BCUT2D eigenvalue weighted by molar-refractivity contribution is -0.121. The number of carbonyl (C=O) groups excluding carboxylic acids is 1. The molecule has 0 aromatic heterocycles. The van der Waals surface area contributed by atoms with Crippen molar-refractivity contribution in [3.63, 3.8) is 0 Å². The highest BCUT2D eigenvalue weighted by molar-refractivity contribution is 9.10. The fraction of sp³-hybridized carbons (Fsp3) is 0.462. The topological polar surface area (TPSA) is 58.6 Å². The molecule has 4 nitrogen and oxygen atoms in total. The summed E-state index contributed by atoms with van der Waals surface area (Å²) in [5, 5.41) is 12.3. The van der Waals surface area contributed by atoms with E-state index in [1.54, 1.807) is 13.0 Å². The standard InChI is InChI=1S/C13H18BrNO3/c1-3-15-13(17)6-7-18-12-5-4-10(14)8-11(12)9(2)16/h4-5,8-9,16H,3,6-7H2,1-2H3,(H,15,17)/t9-/m1/s1. The first-order valence-corrected chi connectivity index (χ1v) is 6.71. The molecule has 0 bridgehead atoms. The van der Waals surface area contributed by atoms with Gasteiger partial charge in [0.15, 0.2) is 0 Å². The van der Waals surface area contributed by atoms with Crippen LogP contribution in [0.2, 0.25) is 0 Å². The van der Waals surface area contributed by atoms with E-state index < -0.39 is 6.10 Å². The molecule has 0 fully saturated rings. The summed E-state index contributed by atoms with van der Waals surface area (Å²) in [7, 11) is 0. The van der Waals surface area contributed by atoms with Crippen molar-refractivity contribution < 1.29 is 14.6 Å². The predicted octanol–water partition coefficient (Wildman–Crippen LogP) is 2.41. The Morgan fingerprint density at radius 1 is 1.56 bits per heavy atom. The molecular weight excluding hydrogens is 298 g/mol. The van der Waals surface area contributed by atoms with E-state index in [9.17, 15) is 9.90 Å². The van der Waals surface area contributed by atoms with Crippen LogP contribution in [0.15, 0.2) is 22.7 Å². The van der Waals surface area contributed by atoms with Crippen molar-refractivity contribution in [3.05, 3.63) is 28.2 Å². The van der Waals surface area contributed by atoms with Gasteiger partial charge < -0.3 is 15.2 Å². The highest BCUT2D eigenvalue weighted by atomic mass is 79.9. The van der Waals surface area contributed by atoms with Gasteiger partial charge in [-0.3, -0.25) is 4.79 Å². The lowest BCUT2D eigenvalue weighted by Crippen LogP contribution is -2.24. The summed E-state index contributed by atoms with van der Waals surface area (Å²) >= 11 is 3.35. The molecule has 1 rings (SSSR count). The lowest BCUT2D eigenvalue weighted by Gasteiger charge is -2.13. The van der Waals surface area contributed by atoms with Crippen LogP contribution in [0.25, 0.3) is 0 Å². The molecule has 0 saturated carbocycles. The largest absolute Gasteiger partial charge is 0.493 e. The van der Waals surface area contributed by atoms with Gasteiger partial charge in [-0.1, -0.05) is 15.9 Å². The number of carbonyl (C=O) groups is 1. The van der Waals surface area contributed by atoms with Crippen LogP contribution in [0.1, 0.15) is 31.9 Å². The second-order valence-corrected chi connectivity index (χ2v) is 4.83. The number of hydrogen-bond acceptors (Lipinski definition) is 3. The van der Waals surface area contributed by atoms with Crippen LogP contribution in [0.3, 0.4) is 0 Å². The first kappa shape index (κ1) is 15.0. The Bertz CT molecular complexity index is 407. The number of amides is 1. The zero-order valence-electron chi connectivity index (χ0n) is 10.6. The third kappa shape index (κ3) is 4.66. The van der Waals surface area contributed by atoms with Crippen LogP contribution in [0, 0.1) is 0 Å². The molecule has 1 aromatic rings. The molecule has 0 radical (unpaired) electrons. The van der Waals surface area contributed by atoms with Gasteiger partial charge in [-0.2, -0.15) is 0 Å². The molecule has 2 N–H and O–H groups in total. The van der Waals surface area contributed by atoms with Gasteiger partial charge in [-0.05, 0) is 32.0 Å². The molecule has 0 aliphatic carbocycles. The van der Waals surface area contributed by atoms with Crippen LogP contribution < -0.4 is 10.1 Å². The van der Waals surface area contributed by atoms with Crippen LogP contribution in [0.5, 0.6) is 5.75 Å². The van der Waals surface area contributed by atoms with E-state index in [0.717, 1.165) is 4.47 Å². The van der Waals surface area contributed by atoms with Crippen molar-refractivity contribution in [1.82, 2.24) is 5.32 Å². The molecule has 0 aliphatic heterocycles. The number of aliphatic hydroxyl groups excluding tert-OH is 1.